The topological polar surface area (TPSA) is 34.1 Å². The van der Waals surface area contributed by atoms with Crippen LogP contribution in [0.5, 0.6) is 0 Å². The van der Waals surface area contributed by atoms with Crippen molar-refractivity contribution in [3.05, 3.63) is 131 Å². The fourth-order valence-corrected chi connectivity index (χ4v) is 3.50. The Morgan fingerprint density at radius 1 is 0.517 bits per heavy atom. The van der Waals surface area contributed by atoms with E-state index in [0.29, 0.717) is 22.3 Å². The van der Waals surface area contributed by atoms with Gasteiger partial charge in [0.15, 0.2) is 11.6 Å². The molecule has 0 atom stereocenters. The molecule has 0 saturated carbocycles. The van der Waals surface area contributed by atoms with Gasteiger partial charge in [0.05, 0.1) is 0 Å². The summed E-state index contributed by atoms with van der Waals surface area (Å²) in [6.07, 6.45) is 0. The van der Waals surface area contributed by atoms with Crippen LogP contribution in [0.4, 0.5) is 0 Å². The van der Waals surface area contributed by atoms with Crippen LogP contribution in [-0.4, -0.2) is 11.6 Å². The summed E-state index contributed by atoms with van der Waals surface area (Å²) in [5.41, 5.74) is 5.09. The van der Waals surface area contributed by atoms with Gasteiger partial charge in [-0.15, -0.1) is 0 Å². The lowest BCUT2D eigenvalue weighted by atomic mass is 9.90. The first-order chi connectivity index (χ1) is 14.1. The molecule has 0 aliphatic heterocycles. The van der Waals surface area contributed by atoms with E-state index in [2.05, 4.69) is 0 Å². The lowest BCUT2D eigenvalue weighted by Gasteiger charge is -2.11. The maximum absolute atomic E-state index is 13.3. The zero-order valence-electron chi connectivity index (χ0n) is 16.1. The van der Waals surface area contributed by atoms with E-state index >= 15 is 0 Å². The van der Waals surface area contributed by atoms with Crippen LogP contribution >= 0.6 is 0 Å². The summed E-state index contributed by atoms with van der Waals surface area (Å²) in [7, 11) is 0. The van der Waals surface area contributed by atoms with Gasteiger partial charge in [0.1, 0.15) is 0 Å². The van der Waals surface area contributed by atoms with Crippen molar-refractivity contribution in [1.82, 2.24) is 0 Å². The molecule has 2 nitrogen and oxygen atoms in total. The summed E-state index contributed by atoms with van der Waals surface area (Å²) in [6, 6.07) is 32.0. The van der Waals surface area contributed by atoms with E-state index < -0.39 is 0 Å². The van der Waals surface area contributed by atoms with Crippen LogP contribution in [0.25, 0.3) is 11.1 Å². The third-order valence-electron chi connectivity index (χ3n) is 5.03. The SMILES string of the molecule is Cc1cc(-c2ccccc2)ccc1C(=O)c1ccccc1C(=O)c1ccccc1. The van der Waals surface area contributed by atoms with Crippen molar-refractivity contribution in [2.75, 3.05) is 0 Å². The summed E-state index contributed by atoms with van der Waals surface area (Å²) >= 11 is 0. The molecule has 2 heteroatoms. The third-order valence-corrected chi connectivity index (χ3v) is 5.03. The molecule has 0 N–H and O–H groups in total. The maximum Gasteiger partial charge on any atom is 0.194 e. The minimum Gasteiger partial charge on any atom is -0.289 e. The van der Waals surface area contributed by atoms with E-state index in [1.165, 1.54) is 0 Å². The molecule has 0 bridgehead atoms. The van der Waals surface area contributed by atoms with Crippen molar-refractivity contribution in [2.24, 2.45) is 0 Å². The van der Waals surface area contributed by atoms with Crippen LogP contribution < -0.4 is 0 Å². The fraction of sp³-hybridized carbons (Fsp3) is 0.0370. The number of hydrogen-bond donors (Lipinski definition) is 0. The van der Waals surface area contributed by atoms with E-state index in [1.807, 2.05) is 73.7 Å². The van der Waals surface area contributed by atoms with Crippen molar-refractivity contribution >= 4 is 11.6 Å². The Morgan fingerprint density at radius 3 is 1.69 bits per heavy atom. The molecular weight excluding hydrogens is 356 g/mol. The van der Waals surface area contributed by atoms with Gasteiger partial charge in [-0.1, -0.05) is 103 Å². The van der Waals surface area contributed by atoms with Crippen LogP contribution in [0, 0.1) is 6.92 Å². The van der Waals surface area contributed by atoms with Crippen LogP contribution in [0.15, 0.2) is 103 Å². The van der Waals surface area contributed by atoms with Gasteiger partial charge in [-0.2, -0.15) is 0 Å². The van der Waals surface area contributed by atoms with E-state index in [4.69, 9.17) is 0 Å². The normalized spacial score (nSPS) is 10.5. The molecule has 0 radical (unpaired) electrons. The molecule has 0 fully saturated rings. The van der Waals surface area contributed by atoms with Gasteiger partial charge in [0.25, 0.3) is 0 Å². The number of rotatable bonds is 5. The molecule has 0 unspecified atom stereocenters. The zero-order chi connectivity index (χ0) is 20.2. The highest BCUT2D eigenvalue weighted by atomic mass is 16.1. The second kappa shape index (κ2) is 8.07. The van der Waals surface area contributed by atoms with E-state index in [1.54, 1.807) is 36.4 Å². The second-order valence-electron chi connectivity index (χ2n) is 6.97. The molecule has 0 aliphatic carbocycles. The molecule has 0 heterocycles. The van der Waals surface area contributed by atoms with Crippen molar-refractivity contribution < 1.29 is 9.59 Å². The quantitative estimate of drug-likeness (QED) is 0.393. The van der Waals surface area contributed by atoms with E-state index in [9.17, 15) is 9.59 Å². The monoisotopic (exact) mass is 376 g/mol. The zero-order valence-corrected chi connectivity index (χ0v) is 16.1. The first-order valence-corrected chi connectivity index (χ1v) is 9.54. The number of carbonyl (C=O) groups is 2. The Kier molecular flexibility index (Phi) is 5.17. The number of hydrogen-bond acceptors (Lipinski definition) is 2. The number of aryl methyl sites for hydroxylation is 1. The summed E-state index contributed by atoms with van der Waals surface area (Å²) < 4.78 is 0. The van der Waals surface area contributed by atoms with Crippen LogP contribution in [0.1, 0.15) is 37.4 Å². The van der Waals surface area contributed by atoms with Gasteiger partial charge in [0, 0.05) is 22.3 Å². The Morgan fingerprint density at radius 2 is 1.07 bits per heavy atom. The molecule has 140 valence electrons. The molecule has 0 aromatic heterocycles. The lowest BCUT2D eigenvalue weighted by Crippen LogP contribution is -2.12. The van der Waals surface area contributed by atoms with Gasteiger partial charge in [-0.05, 0) is 23.6 Å². The minimum absolute atomic E-state index is 0.137. The molecule has 0 amide bonds. The van der Waals surface area contributed by atoms with E-state index in [-0.39, 0.29) is 11.6 Å². The van der Waals surface area contributed by atoms with Gasteiger partial charge in [-0.25, -0.2) is 0 Å². The van der Waals surface area contributed by atoms with Crippen LogP contribution in [0.3, 0.4) is 0 Å². The molecule has 29 heavy (non-hydrogen) atoms. The smallest absolute Gasteiger partial charge is 0.194 e. The number of benzene rings is 4. The lowest BCUT2D eigenvalue weighted by molar-refractivity contribution is 0.100. The molecular formula is C27H20O2. The van der Waals surface area contributed by atoms with Crippen molar-refractivity contribution in [1.29, 1.82) is 0 Å². The van der Waals surface area contributed by atoms with Crippen LogP contribution in [-0.2, 0) is 0 Å². The molecule has 0 aliphatic rings. The molecule has 4 aromatic carbocycles. The molecule has 0 saturated heterocycles. The Hall–Kier alpha value is -3.78. The van der Waals surface area contributed by atoms with E-state index in [0.717, 1.165) is 16.7 Å². The first kappa shape index (κ1) is 18.6. The second-order valence-corrected chi connectivity index (χ2v) is 6.97. The minimum atomic E-state index is -0.145. The first-order valence-electron chi connectivity index (χ1n) is 9.54. The number of carbonyl (C=O) groups excluding carboxylic acids is 2. The summed E-state index contributed by atoms with van der Waals surface area (Å²) in [6.45, 7) is 1.93. The van der Waals surface area contributed by atoms with Gasteiger partial charge in [0.2, 0.25) is 0 Å². The standard InChI is InChI=1S/C27H20O2/c1-19-18-22(20-10-4-2-5-11-20)16-17-23(19)27(29)25-15-9-8-14-24(25)26(28)21-12-6-3-7-13-21/h2-18H,1H3. The fourth-order valence-electron chi connectivity index (χ4n) is 3.50. The third kappa shape index (κ3) is 3.78. The predicted octanol–water partition coefficient (Wildman–Crippen LogP) is 6.12. The van der Waals surface area contributed by atoms with Gasteiger partial charge < -0.3 is 0 Å². The number of ketones is 2. The predicted molar refractivity (Wildman–Crippen MR) is 116 cm³/mol. The summed E-state index contributed by atoms with van der Waals surface area (Å²) in [5.74, 6) is -0.282. The average Bonchev–Trinajstić information content (AvgIpc) is 2.79. The Balaban J connectivity index is 1.72. The van der Waals surface area contributed by atoms with Crippen molar-refractivity contribution in [3.8, 4) is 11.1 Å². The molecule has 0 spiro atoms. The Labute approximate surface area is 170 Å². The molecule has 4 aromatic rings. The highest BCUT2D eigenvalue weighted by Crippen LogP contribution is 2.25. The van der Waals surface area contributed by atoms with Crippen molar-refractivity contribution in [2.45, 2.75) is 6.92 Å². The average molecular weight is 376 g/mol. The maximum atomic E-state index is 13.3. The van der Waals surface area contributed by atoms with Crippen molar-refractivity contribution in [3.63, 3.8) is 0 Å². The van der Waals surface area contributed by atoms with Gasteiger partial charge >= 0.3 is 0 Å². The van der Waals surface area contributed by atoms with Crippen LogP contribution in [0.2, 0.25) is 0 Å². The molecule has 4 rings (SSSR count). The highest BCUT2D eigenvalue weighted by Gasteiger charge is 2.20. The van der Waals surface area contributed by atoms with Gasteiger partial charge in [-0.3, -0.25) is 9.59 Å². The summed E-state index contributed by atoms with van der Waals surface area (Å²) in [4.78, 5) is 26.3. The summed E-state index contributed by atoms with van der Waals surface area (Å²) in [5, 5.41) is 0. The largest absolute Gasteiger partial charge is 0.289 e. The highest BCUT2D eigenvalue weighted by molar-refractivity contribution is 6.20. The Bertz CT molecular complexity index is 1180.